The lowest BCUT2D eigenvalue weighted by Gasteiger charge is -2.26. The van der Waals surface area contributed by atoms with Crippen molar-refractivity contribution in [1.82, 2.24) is 0 Å². The number of carbonyl (C=O) groups is 2. The highest BCUT2D eigenvalue weighted by Crippen LogP contribution is 2.29. The number of ether oxygens (including phenoxy) is 2. The lowest BCUT2D eigenvalue weighted by atomic mass is 10.1. The summed E-state index contributed by atoms with van der Waals surface area (Å²) in [4.78, 5) is 28.5. The van der Waals surface area contributed by atoms with Crippen molar-refractivity contribution in [3.8, 4) is 0 Å². The van der Waals surface area contributed by atoms with Crippen LogP contribution in [0.25, 0.3) is 6.08 Å². The molecule has 0 spiro atoms. The van der Waals surface area contributed by atoms with Crippen molar-refractivity contribution in [1.29, 1.82) is 0 Å². The highest BCUT2D eigenvalue weighted by atomic mass is 35.5. The first-order valence-corrected chi connectivity index (χ1v) is 13.3. The number of halogens is 1. The molecule has 0 aromatic heterocycles. The Kier molecular flexibility index (Phi) is 9.81. The zero-order valence-electron chi connectivity index (χ0n) is 21.1. The molecule has 0 N–H and O–H groups in total. The molecule has 0 aliphatic rings. The lowest BCUT2D eigenvalue weighted by molar-refractivity contribution is -0.139. The Hall–Kier alpha value is -3.95. The average Bonchev–Trinajstić information content (AvgIpc) is 2.91. The van der Waals surface area contributed by atoms with Crippen LogP contribution in [-0.2, 0) is 29.1 Å². The van der Waals surface area contributed by atoms with E-state index in [4.69, 9.17) is 16.3 Å². The topological polar surface area (TPSA) is 102 Å². The molecule has 3 aromatic rings. The second-order valence-corrected chi connectivity index (χ2v) is 10.4. The first kappa shape index (κ1) is 28.6. The van der Waals surface area contributed by atoms with Crippen LogP contribution in [0.4, 0.5) is 5.69 Å². The summed E-state index contributed by atoms with van der Waals surface area (Å²) in [5.41, 5.74) is 2.23. The fourth-order valence-electron chi connectivity index (χ4n) is 3.50. The highest BCUT2D eigenvalue weighted by Gasteiger charge is 2.29. The molecule has 3 rings (SSSR count). The molecule has 0 aliphatic carbocycles. The van der Waals surface area contributed by atoms with Gasteiger partial charge in [0.2, 0.25) is 0 Å². The van der Waals surface area contributed by atoms with Gasteiger partial charge in [-0.05, 0) is 48.9 Å². The molecule has 0 saturated heterocycles. The normalized spacial score (nSPS) is 11.8. The van der Waals surface area contributed by atoms with Gasteiger partial charge < -0.3 is 9.47 Å². The summed E-state index contributed by atoms with van der Waals surface area (Å²) in [5, 5.41) is 0.458. The van der Waals surface area contributed by atoms with Gasteiger partial charge in [-0.1, -0.05) is 59.6 Å². The number of anilines is 1. The Morgan fingerprint density at radius 1 is 0.974 bits per heavy atom. The molecular formula is C28H27ClN2O6S. The van der Waals surface area contributed by atoms with Crippen molar-refractivity contribution in [2.45, 2.75) is 11.8 Å². The number of esters is 2. The molecule has 0 fully saturated rings. The monoisotopic (exact) mass is 554 g/mol. The zero-order valence-corrected chi connectivity index (χ0v) is 22.7. The van der Waals surface area contributed by atoms with E-state index >= 15 is 0 Å². The van der Waals surface area contributed by atoms with Gasteiger partial charge in [0.15, 0.2) is 0 Å². The van der Waals surface area contributed by atoms with E-state index in [1.54, 1.807) is 60.7 Å². The van der Waals surface area contributed by atoms with Gasteiger partial charge in [-0.3, -0.25) is 14.1 Å². The second-order valence-electron chi connectivity index (χ2n) is 8.15. The Morgan fingerprint density at radius 3 is 2.34 bits per heavy atom. The number of rotatable bonds is 10. The largest absolute Gasteiger partial charge is 0.468 e. The number of aliphatic imine (C=N–C) groups is 1. The zero-order chi connectivity index (χ0) is 27.7. The molecule has 0 radical (unpaired) electrons. The first-order valence-electron chi connectivity index (χ1n) is 11.4. The van der Waals surface area contributed by atoms with Crippen molar-refractivity contribution in [2.24, 2.45) is 4.99 Å². The minimum atomic E-state index is -4.17. The van der Waals surface area contributed by atoms with Crippen LogP contribution >= 0.6 is 11.6 Å². The van der Waals surface area contributed by atoms with Gasteiger partial charge in [0.05, 0.1) is 36.9 Å². The molecule has 0 atom stereocenters. The predicted molar refractivity (Wildman–Crippen MR) is 148 cm³/mol. The number of methoxy groups -OCH3 is 2. The second kappa shape index (κ2) is 13.0. The van der Waals surface area contributed by atoms with Gasteiger partial charge in [0.25, 0.3) is 10.0 Å². The number of benzene rings is 3. The Balaban J connectivity index is 2.17. The molecule has 0 bridgehead atoms. The molecular weight excluding hydrogens is 528 g/mol. The first-order chi connectivity index (χ1) is 18.1. The van der Waals surface area contributed by atoms with E-state index in [1.165, 1.54) is 38.6 Å². The maximum atomic E-state index is 14.0. The summed E-state index contributed by atoms with van der Waals surface area (Å²) in [6.45, 7) is 1.26. The molecule has 0 saturated carbocycles. The molecule has 38 heavy (non-hydrogen) atoms. The van der Waals surface area contributed by atoms with Crippen LogP contribution in [0.15, 0.2) is 88.3 Å². The smallest absolute Gasteiger partial charge is 0.335 e. The number of para-hydroxylation sites is 1. The molecule has 0 aliphatic heterocycles. The maximum Gasteiger partial charge on any atom is 0.335 e. The van der Waals surface area contributed by atoms with E-state index in [-0.39, 0.29) is 29.2 Å². The standard InChI is InChI=1S/C28H27ClN2O6S/c1-20-11-13-25(14-12-20)38(34,35)31(26-10-5-4-8-22(26)17-30-18-27(32)36-2)19-23(28(33)37-3)15-21-7-6-9-24(29)16-21/h4-17H,18-19H2,1-3H3/b23-15-,30-17?. The predicted octanol–water partition coefficient (Wildman–Crippen LogP) is 4.69. The summed E-state index contributed by atoms with van der Waals surface area (Å²) in [6.07, 6.45) is 2.92. The van der Waals surface area contributed by atoms with Gasteiger partial charge in [0.1, 0.15) is 6.54 Å². The van der Waals surface area contributed by atoms with Crippen molar-refractivity contribution >= 4 is 51.5 Å². The summed E-state index contributed by atoms with van der Waals surface area (Å²) in [5.74, 6) is -1.24. The molecule has 0 unspecified atom stereocenters. The maximum absolute atomic E-state index is 14.0. The third-order valence-electron chi connectivity index (χ3n) is 5.44. The van der Waals surface area contributed by atoms with E-state index in [9.17, 15) is 18.0 Å². The fraction of sp³-hybridized carbons (Fsp3) is 0.179. The third kappa shape index (κ3) is 7.30. The molecule has 0 amide bonds. The number of aryl methyl sites for hydroxylation is 1. The van der Waals surface area contributed by atoms with Crippen molar-refractivity contribution < 1.29 is 27.5 Å². The van der Waals surface area contributed by atoms with Crippen molar-refractivity contribution in [2.75, 3.05) is 31.6 Å². The van der Waals surface area contributed by atoms with E-state index in [2.05, 4.69) is 9.73 Å². The Bertz CT molecular complexity index is 1470. The quantitative estimate of drug-likeness (QED) is 0.205. The van der Waals surface area contributed by atoms with Crippen LogP contribution in [0.1, 0.15) is 16.7 Å². The summed E-state index contributed by atoms with van der Waals surface area (Å²) in [7, 11) is -1.70. The number of sulfonamides is 1. The highest BCUT2D eigenvalue weighted by molar-refractivity contribution is 7.92. The van der Waals surface area contributed by atoms with E-state index in [1.807, 2.05) is 6.92 Å². The van der Waals surface area contributed by atoms with Crippen LogP contribution in [0.2, 0.25) is 5.02 Å². The van der Waals surface area contributed by atoms with Gasteiger partial charge >= 0.3 is 11.9 Å². The fourth-order valence-corrected chi connectivity index (χ4v) is 5.16. The molecule has 0 heterocycles. The van der Waals surface area contributed by atoms with Crippen molar-refractivity contribution in [3.05, 3.63) is 100 Å². The average molecular weight is 555 g/mol. The van der Waals surface area contributed by atoms with Crippen LogP contribution in [0.5, 0.6) is 0 Å². The van der Waals surface area contributed by atoms with E-state index < -0.39 is 22.0 Å². The molecule has 10 heteroatoms. The Morgan fingerprint density at radius 2 is 1.68 bits per heavy atom. The number of carbonyl (C=O) groups excluding carboxylic acids is 2. The van der Waals surface area contributed by atoms with Crippen LogP contribution in [0, 0.1) is 6.92 Å². The van der Waals surface area contributed by atoms with Gasteiger partial charge in [-0.2, -0.15) is 0 Å². The van der Waals surface area contributed by atoms with Crippen LogP contribution in [0.3, 0.4) is 0 Å². The molecule has 8 nitrogen and oxygen atoms in total. The minimum absolute atomic E-state index is 0.0383. The minimum Gasteiger partial charge on any atom is -0.468 e. The molecule has 198 valence electrons. The SMILES string of the molecule is COC(=O)CN=Cc1ccccc1N(C/C(=C/c1cccc(Cl)c1)C(=O)OC)S(=O)(=O)c1ccc(C)cc1. The lowest BCUT2D eigenvalue weighted by Crippen LogP contribution is -2.35. The summed E-state index contributed by atoms with van der Waals surface area (Å²) >= 11 is 6.11. The van der Waals surface area contributed by atoms with Gasteiger partial charge in [0, 0.05) is 16.8 Å². The number of nitrogens with zero attached hydrogens (tertiary/aromatic N) is 2. The number of hydrogen-bond acceptors (Lipinski definition) is 7. The van der Waals surface area contributed by atoms with Gasteiger partial charge in [-0.15, -0.1) is 0 Å². The van der Waals surface area contributed by atoms with Crippen molar-refractivity contribution in [3.63, 3.8) is 0 Å². The summed E-state index contributed by atoms with van der Waals surface area (Å²) < 4.78 is 38.7. The number of hydrogen-bond donors (Lipinski definition) is 0. The summed E-state index contributed by atoms with van der Waals surface area (Å²) in [6, 6.07) is 19.8. The van der Waals surface area contributed by atoms with Crippen LogP contribution < -0.4 is 4.31 Å². The third-order valence-corrected chi connectivity index (χ3v) is 7.45. The van der Waals surface area contributed by atoms with Crippen LogP contribution in [-0.4, -0.2) is 53.9 Å². The molecule has 3 aromatic carbocycles. The van der Waals surface area contributed by atoms with E-state index in [0.29, 0.717) is 16.1 Å². The Labute approximate surface area is 227 Å². The van der Waals surface area contributed by atoms with Gasteiger partial charge in [-0.25, -0.2) is 13.2 Å². The van der Waals surface area contributed by atoms with E-state index in [0.717, 1.165) is 9.87 Å².